The monoisotopic (exact) mass is 345 g/mol. The largest absolute Gasteiger partial charge is 0.444 e. The molecule has 1 fully saturated rings. The Morgan fingerprint density at radius 1 is 1.28 bits per heavy atom. The van der Waals surface area contributed by atoms with Gasteiger partial charge in [0.15, 0.2) is 5.78 Å². The van der Waals surface area contributed by atoms with Crippen LogP contribution in [0.4, 0.5) is 4.79 Å². The number of piperidine rings is 1. The Bertz CT molecular complexity index is 669. The van der Waals surface area contributed by atoms with Gasteiger partial charge in [-0.1, -0.05) is 6.08 Å². The Morgan fingerprint density at radius 3 is 2.48 bits per heavy atom. The van der Waals surface area contributed by atoms with Crippen LogP contribution in [-0.2, 0) is 4.74 Å². The van der Waals surface area contributed by atoms with Crippen LogP contribution in [0.3, 0.4) is 0 Å². The molecule has 6 nitrogen and oxygen atoms in total. The zero-order chi connectivity index (χ0) is 18.6. The minimum atomic E-state index is -0.496. The lowest BCUT2D eigenvalue weighted by Crippen LogP contribution is -2.41. The number of hydrogen-bond acceptors (Lipinski definition) is 5. The first kappa shape index (κ1) is 19.1. The molecular weight excluding hydrogens is 318 g/mol. The fourth-order valence-electron chi connectivity index (χ4n) is 2.89. The van der Waals surface area contributed by atoms with Crippen molar-refractivity contribution in [2.45, 2.75) is 59.0 Å². The average Bonchev–Trinajstić information content (AvgIpc) is 2.53. The molecular formula is C19H27N3O3. The van der Waals surface area contributed by atoms with Crippen molar-refractivity contribution in [2.75, 3.05) is 13.1 Å². The molecule has 1 aromatic rings. The number of ether oxygens (including phenoxy) is 1. The van der Waals surface area contributed by atoms with E-state index in [0.717, 1.165) is 18.5 Å². The first-order valence-corrected chi connectivity index (χ1v) is 8.69. The fourth-order valence-corrected chi connectivity index (χ4v) is 2.89. The number of nitrogens with zero attached hydrogens (tertiary/aromatic N) is 3. The van der Waals surface area contributed by atoms with E-state index in [1.807, 2.05) is 34.6 Å². The molecule has 1 aliphatic rings. The minimum absolute atomic E-state index is 0.0768. The van der Waals surface area contributed by atoms with Gasteiger partial charge in [0.05, 0.1) is 11.3 Å². The van der Waals surface area contributed by atoms with Gasteiger partial charge >= 0.3 is 6.09 Å². The third kappa shape index (κ3) is 5.11. The first-order valence-electron chi connectivity index (χ1n) is 8.69. The van der Waals surface area contributed by atoms with Crippen LogP contribution in [0.5, 0.6) is 0 Å². The Hall–Kier alpha value is -2.24. The maximum absolute atomic E-state index is 12.3. The number of aryl methyl sites for hydroxylation is 1. The van der Waals surface area contributed by atoms with Crippen molar-refractivity contribution >= 4 is 11.9 Å². The normalized spacial score (nSPS) is 16.3. The van der Waals surface area contributed by atoms with Crippen molar-refractivity contribution in [3.63, 3.8) is 0 Å². The van der Waals surface area contributed by atoms with E-state index in [1.165, 1.54) is 6.08 Å². The van der Waals surface area contributed by atoms with Gasteiger partial charge in [-0.2, -0.15) is 0 Å². The minimum Gasteiger partial charge on any atom is -0.444 e. The Balaban J connectivity index is 2.11. The number of ketones is 1. The highest BCUT2D eigenvalue weighted by atomic mass is 16.6. The molecule has 1 aromatic heterocycles. The van der Waals surface area contributed by atoms with Crippen LogP contribution in [0.1, 0.15) is 68.3 Å². The smallest absolute Gasteiger partial charge is 0.410 e. The van der Waals surface area contributed by atoms with Crippen molar-refractivity contribution in [1.29, 1.82) is 0 Å². The Labute approximate surface area is 149 Å². The lowest BCUT2D eigenvalue weighted by Gasteiger charge is -2.33. The zero-order valence-electron chi connectivity index (χ0n) is 15.7. The van der Waals surface area contributed by atoms with Gasteiger partial charge in [0, 0.05) is 25.2 Å². The third-order valence-electron chi connectivity index (χ3n) is 4.06. The highest BCUT2D eigenvalue weighted by Gasteiger charge is 2.30. The van der Waals surface area contributed by atoms with Crippen LogP contribution < -0.4 is 0 Å². The summed E-state index contributed by atoms with van der Waals surface area (Å²) in [4.78, 5) is 34.9. The van der Waals surface area contributed by atoms with Crippen LogP contribution in [-0.4, -0.2) is 45.4 Å². The average molecular weight is 345 g/mol. The summed E-state index contributed by atoms with van der Waals surface area (Å²) >= 11 is 0. The molecule has 2 rings (SSSR count). The summed E-state index contributed by atoms with van der Waals surface area (Å²) < 4.78 is 5.43. The number of carbonyl (C=O) groups excluding carboxylic acids is 2. The molecule has 25 heavy (non-hydrogen) atoms. The van der Waals surface area contributed by atoms with Gasteiger partial charge in [0.2, 0.25) is 0 Å². The fraction of sp³-hybridized carbons (Fsp3) is 0.579. The van der Waals surface area contributed by atoms with E-state index in [9.17, 15) is 9.59 Å². The van der Waals surface area contributed by atoms with E-state index in [1.54, 1.807) is 17.2 Å². The van der Waals surface area contributed by atoms with Crippen molar-refractivity contribution in [2.24, 2.45) is 0 Å². The molecule has 0 unspecified atom stereocenters. The van der Waals surface area contributed by atoms with E-state index in [2.05, 4.69) is 9.97 Å². The lowest BCUT2D eigenvalue weighted by molar-refractivity contribution is 0.0203. The van der Waals surface area contributed by atoms with Gasteiger partial charge in [-0.3, -0.25) is 4.79 Å². The summed E-state index contributed by atoms with van der Waals surface area (Å²) in [6.45, 7) is 10.4. The molecule has 1 amide bonds. The van der Waals surface area contributed by atoms with Gasteiger partial charge in [0.25, 0.3) is 0 Å². The quantitative estimate of drug-likeness (QED) is 0.617. The van der Waals surface area contributed by atoms with Crippen LogP contribution in [0, 0.1) is 6.92 Å². The number of rotatable bonds is 3. The summed E-state index contributed by atoms with van der Waals surface area (Å²) in [5, 5.41) is 0. The van der Waals surface area contributed by atoms with E-state index in [4.69, 9.17) is 4.74 Å². The molecule has 2 heterocycles. The second-order valence-electron chi connectivity index (χ2n) is 7.32. The summed E-state index contributed by atoms with van der Waals surface area (Å²) in [7, 11) is 0. The first-order chi connectivity index (χ1) is 11.7. The van der Waals surface area contributed by atoms with Crippen molar-refractivity contribution < 1.29 is 14.3 Å². The van der Waals surface area contributed by atoms with Crippen molar-refractivity contribution in [1.82, 2.24) is 14.9 Å². The summed E-state index contributed by atoms with van der Waals surface area (Å²) in [6, 6.07) is 0. The van der Waals surface area contributed by atoms with Crippen LogP contribution in [0.15, 0.2) is 18.3 Å². The number of allylic oxidation sites excluding steroid dienone is 2. The lowest BCUT2D eigenvalue weighted by atomic mass is 9.90. The van der Waals surface area contributed by atoms with E-state index in [0.29, 0.717) is 24.5 Å². The molecule has 0 atom stereocenters. The molecule has 0 saturated carbocycles. The van der Waals surface area contributed by atoms with E-state index in [-0.39, 0.29) is 17.8 Å². The predicted molar refractivity (Wildman–Crippen MR) is 95.7 cm³/mol. The van der Waals surface area contributed by atoms with Crippen LogP contribution in [0.25, 0.3) is 0 Å². The van der Waals surface area contributed by atoms with Crippen molar-refractivity contribution in [3.8, 4) is 0 Å². The van der Waals surface area contributed by atoms with Gasteiger partial charge in [-0.25, -0.2) is 14.8 Å². The molecule has 0 aliphatic carbocycles. The molecule has 136 valence electrons. The molecule has 0 spiro atoms. The van der Waals surface area contributed by atoms with Gasteiger partial charge in [-0.15, -0.1) is 0 Å². The summed E-state index contributed by atoms with van der Waals surface area (Å²) in [5.74, 6) is 0.721. The van der Waals surface area contributed by atoms with Gasteiger partial charge in [-0.05, 0) is 53.5 Å². The zero-order valence-corrected chi connectivity index (χ0v) is 15.7. The SMILES string of the molecule is C/C=C/C(=O)c1cnc(C)nc1C1CCN(C(=O)OC(C)(C)C)CC1. The number of amides is 1. The third-order valence-corrected chi connectivity index (χ3v) is 4.06. The number of hydrogen-bond donors (Lipinski definition) is 0. The predicted octanol–water partition coefficient (Wildman–Crippen LogP) is 3.66. The maximum Gasteiger partial charge on any atom is 0.410 e. The van der Waals surface area contributed by atoms with E-state index >= 15 is 0 Å². The molecule has 0 radical (unpaired) electrons. The molecule has 0 bridgehead atoms. The second-order valence-corrected chi connectivity index (χ2v) is 7.32. The van der Waals surface area contributed by atoms with E-state index < -0.39 is 5.60 Å². The van der Waals surface area contributed by atoms with Crippen LogP contribution >= 0.6 is 0 Å². The van der Waals surface area contributed by atoms with Crippen LogP contribution in [0.2, 0.25) is 0 Å². The number of likely N-dealkylation sites (tertiary alicyclic amines) is 1. The summed E-state index contributed by atoms with van der Waals surface area (Å²) in [6.07, 6.45) is 6.09. The molecule has 1 saturated heterocycles. The topological polar surface area (TPSA) is 72.4 Å². The Kier molecular flexibility index (Phi) is 5.93. The van der Waals surface area contributed by atoms with Gasteiger partial charge < -0.3 is 9.64 Å². The highest BCUT2D eigenvalue weighted by Crippen LogP contribution is 2.30. The highest BCUT2D eigenvalue weighted by molar-refractivity contribution is 6.05. The Morgan fingerprint density at radius 2 is 1.92 bits per heavy atom. The summed E-state index contributed by atoms with van der Waals surface area (Å²) in [5.41, 5.74) is 0.850. The molecule has 6 heteroatoms. The van der Waals surface area contributed by atoms with Crippen molar-refractivity contribution in [3.05, 3.63) is 35.4 Å². The second kappa shape index (κ2) is 7.76. The molecule has 1 aliphatic heterocycles. The number of aromatic nitrogens is 2. The molecule has 0 N–H and O–H groups in total. The number of carbonyl (C=O) groups is 2. The standard InChI is InChI=1S/C19H27N3O3/c1-6-7-16(23)15-12-20-13(2)21-17(15)14-8-10-22(11-9-14)18(24)25-19(3,4)5/h6-7,12,14H,8-11H2,1-5H3/b7-6+. The molecule has 0 aromatic carbocycles. The maximum atomic E-state index is 12.3. The van der Waals surface area contributed by atoms with Gasteiger partial charge in [0.1, 0.15) is 11.4 Å².